The van der Waals surface area contributed by atoms with Crippen molar-refractivity contribution in [3.05, 3.63) is 97.3 Å². The van der Waals surface area contributed by atoms with Gasteiger partial charge in [-0.3, -0.25) is 14.6 Å². The lowest BCUT2D eigenvalue weighted by atomic mass is 10.1. The zero-order chi connectivity index (χ0) is 31.0. The average Bonchev–Trinajstić information content (AvgIpc) is 3.74. The third kappa shape index (κ3) is 10.1. The van der Waals surface area contributed by atoms with E-state index in [0.717, 1.165) is 16.6 Å². The van der Waals surface area contributed by atoms with Crippen LogP contribution in [0, 0.1) is 0 Å². The lowest BCUT2D eigenvalue weighted by molar-refractivity contribution is -0.157. The molecule has 10 nitrogen and oxygen atoms in total. The maximum atomic E-state index is 12.6. The van der Waals surface area contributed by atoms with Crippen molar-refractivity contribution in [2.45, 2.75) is 59.2 Å². The largest absolute Gasteiger partial charge is 0.459 e. The number of pyridine rings is 1. The Balaban J connectivity index is 0.000000227. The van der Waals surface area contributed by atoms with Crippen LogP contribution in [0.3, 0.4) is 0 Å². The maximum absolute atomic E-state index is 12.6. The monoisotopic (exact) mass is 584 g/mol. The number of imidazole rings is 1. The molecule has 3 aromatic heterocycles. The molecule has 43 heavy (non-hydrogen) atoms. The van der Waals surface area contributed by atoms with Gasteiger partial charge in [0.15, 0.2) is 0 Å². The summed E-state index contributed by atoms with van der Waals surface area (Å²) in [5.74, 6) is -0.847. The molecule has 0 aliphatic heterocycles. The fraction of sp³-hybridized carbons (Fsp3) is 0.303. The molecule has 3 N–H and O–H groups in total. The second-order valence-corrected chi connectivity index (χ2v) is 9.96. The Morgan fingerprint density at radius 2 is 1.77 bits per heavy atom. The van der Waals surface area contributed by atoms with Crippen LogP contribution in [-0.2, 0) is 25.7 Å². The summed E-state index contributed by atoms with van der Waals surface area (Å²) in [6.45, 7) is 7.60. The van der Waals surface area contributed by atoms with E-state index in [1.165, 1.54) is 22.6 Å². The molecule has 2 amide bonds. The summed E-state index contributed by atoms with van der Waals surface area (Å²) in [4.78, 5) is 51.7. The predicted octanol–water partition coefficient (Wildman–Crippen LogP) is 5.40. The van der Waals surface area contributed by atoms with Crippen molar-refractivity contribution in [3.8, 4) is 0 Å². The zero-order valence-corrected chi connectivity index (χ0v) is 25.1. The first-order valence-electron chi connectivity index (χ1n) is 14.3. The molecule has 0 saturated carbocycles. The van der Waals surface area contributed by atoms with Gasteiger partial charge in [0, 0.05) is 67.0 Å². The van der Waals surface area contributed by atoms with Crippen LogP contribution in [0.15, 0.2) is 91.8 Å². The Morgan fingerprint density at radius 3 is 2.40 bits per heavy atom. The van der Waals surface area contributed by atoms with Crippen LogP contribution >= 0.6 is 0 Å². The van der Waals surface area contributed by atoms with E-state index in [0.29, 0.717) is 6.54 Å². The summed E-state index contributed by atoms with van der Waals surface area (Å²) in [6, 6.07) is 18.7. The molecule has 1 atom stereocenters. The second kappa shape index (κ2) is 17.1. The van der Waals surface area contributed by atoms with Gasteiger partial charge in [-0.2, -0.15) is 0 Å². The van der Waals surface area contributed by atoms with E-state index < -0.39 is 12.0 Å². The number of H-pyrrole nitrogens is 2. The van der Waals surface area contributed by atoms with Gasteiger partial charge in [-0.1, -0.05) is 36.4 Å². The number of ether oxygens (including phenoxy) is 1. The summed E-state index contributed by atoms with van der Waals surface area (Å²) in [5.41, 5.74) is 3.08. The molecule has 5 aromatic rings. The van der Waals surface area contributed by atoms with Crippen molar-refractivity contribution >= 4 is 39.6 Å². The summed E-state index contributed by atoms with van der Waals surface area (Å²) < 4.78 is 5.40. The van der Waals surface area contributed by atoms with E-state index in [1.807, 2.05) is 75.6 Å². The number of nitrogens with one attached hydrogen (secondary N) is 3. The Bertz CT molecular complexity index is 1530. The van der Waals surface area contributed by atoms with E-state index >= 15 is 0 Å². The Hall–Kier alpha value is -4.99. The maximum Gasteiger partial charge on any atom is 0.329 e. The summed E-state index contributed by atoms with van der Waals surface area (Å²) in [5, 5.41) is 5.09. The van der Waals surface area contributed by atoms with Crippen LogP contribution < -0.4 is 5.32 Å². The van der Waals surface area contributed by atoms with Crippen molar-refractivity contribution in [2.24, 2.45) is 0 Å². The van der Waals surface area contributed by atoms with E-state index in [1.54, 1.807) is 18.7 Å². The molecule has 0 fully saturated rings. The highest BCUT2D eigenvalue weighted by molar-refractivity contribution is 6.03. The highest BCUT2D eigenvalue weighted by atomic mass is 16.5. The quantitative estimate of drug-likeness (QED) is 0.199. The summed E-state index contributed by atoms with van der Waals surface area (Å²) in [7, 11) is 0. The number of hydrogen-bond acceptors (Lipinski definition) is 6. The van der Waals surface area contributed by atoms with Crippen molar-refractivity contribution in [2.75, 3.05) is 6.54 Å². The highest BCUT2D eigenvalue weighted by Crippen LogP contribution is 2.22. The van der Waals surface area contributed by atoms with Crippen LogP contribution in [0.25, 0.3) is 21.8 Å². The molecule has 0 saturated heterocycles. The molecule has 5 rings (SSSR count). The highest BCUT2D eigenvalue weighted by Gasteiger charge is 2.31. The molecule has 10 heteroatoms. The van der Waals surface area contributed by atoms with Crippen LogP contribution in [0.5, 0.6) is 0 Å². The molecule has 3 heterocycles. The SMILES string of the molecule is CCNC(=O)CCC(C(=O)OCc1ccccc1)N(C(C)=O)C(C)C.c1c[nH]c2ccc3ccnc3c2c1.c1c[nH]cn1. The Morgan fingerprint density at radius 1 is 0.977 bits per heavy atom. The number of fused-ring (bicyclic) bond motifs is 3. The Kier molecular flexibility index (Phi) is 12.9. The van der Waals surface area contributed by atoms with Crippen molar-refractivity contribution in [1.29, 1.82) is 0 Å². The van der Waals surface area contributed by atoms with Crippen molar-refractivity contribution in [3.63, 3.8) is 0 Å². The number of hydrogen-bond donors (Lipinski definition) is 3. The lowest BCUT2D eigenvalue weighted by Crippen LogP contribution is -2.49. The van der Waals surface area contributed by atoms with Gasteiger partial charge in [0.25, 0.3) is 0 Å². The number of aromatic nitrogens is 4. The molecule has 226 valence electrons. The normalized spacial score (nSPS) is 11.1. The smallest absolute Gasteiger partial charge is 0.329 e. The third-order valence-corrected chi connectivity index (χ3v) is 6.48. The number of esters is 1. The van der Waals surface area contributed by atoms with Gasteiger partial charge in [-0.05, 0) is 57.0 Å². The van der Waals surface area contributed by atoms with E-state index in [2.05, 4.69) is 43.5 Å². The minimum Gasteiger partial charge on any atom is -0.459 e. The van der Waals surface area contributed by atoms with Gasteiger partial charge < -0.3 is 24.9 Å². The van der Waals surface area contributed by atoms with Crippen molar-refractivity contribution in [1.82, 2.24) is 30.2 Å². The molecule has 0 bridgehead atoms. The summed E-state index contributed by atoms with van der Waals surface area (Å²) >= 11 is 0. The molecule has 0 aliphatic rings. The van der Waals surface area contributed by atoms with E-state index in [9.17, 15) is 14.4 Å². The Labute approximate surface area is 251 Å². The predicted molar refractivity (Wildman–Crippen MR) is 168 cm³/mol. The average molecular weight is 585 g/mol. The number of amides is 2. The minimum absolute atomic E-state index is 0.140. The van der Waals surface area contributed by atoms with Gasteiger partial charge in [0.05, 0.1) is 11.8 Å². The van der Waals surface area contributed by atoms with Gasteiger partial charge in [0.1, 0.15) is 12.6 Å². The first-order valence-corrected chi connectivity index (χ1v) is 14.3. The van der Waals surface area contributed by atoms with Crippen LogP contribution in [0.1, 0.15) is 46.1 Å². The second-order valence-electron chi connectivity index (χ2n) is 9.96. The first kappa shape index (κ1) is 32.5. The van der Waals surface area contributed by atoms with E-state index in [4.69, 9.17) is 4.74 Å². The lowest BCUT2D eigenvalue weighted by Gasteiger charge is -2.32. The number of nitrogens with zero attached hydrogens (tertiary/aromatic N) is 3. The number of benzene rings is 2. The van der Waals surface area contributed by atoms with Crippen molar-refractivity contribution < 1.29 is 19.1 Å². The molecule has 0 aliphatic carbocycles. The topological polar surface area (TPSA) is 133 Å². The molecule has 0 radical (unpaired) electrons. The van der Waals surface area contributed by atoms with Crippen LogP contribution in [0.2, 0.25) is 0 Å². The fourth-order valence-corrected chi connectivity index (χ4v) is 4.58. The van der Waals surface area contributed by atoms with Crippen LogP contribution in [0.4, 0.5) is 0 Å². The van der Waals surface area contributed by atoms with E-state index in [-0.39, 0.29) is 37.3 Å². The number of carbonyl (C=O) groups is 3. The number of carbonyl (C=O) groups excluding carboxylic acids is 3. The minimum atomic E-state index is -0.774. The van der Waals surface area contributed by atoms with Gasteiger partial charge in [0.2, 0.25) is 11.8 Å². The molecule has 2 aromatic carbocycles. The van der Waals surface area contributed by atoms with Gasteiger partial charge in [-0.25, -0.2) is 9.78 Å². The van der Waals surface area contributed by atoms with Gasteiger partial charge in [-0.15, -0.1) is 0 Å². The van der Waals surface area contributed by atoms with Gasteiger partial charge >= 0.3 is 5.97 Å². The fourth-order valence-electron chi connectivity index (χ4n) is 4.58. The standard InChI is InChI=1S/C19H28N2O4.C11H8N2.C3H4N2/c1-5-20-18(23)12-11-17(21(14(2)3)15(4)22)19(24)25-13-16-9-7-6-8-10-16;1-2-9-10(12-6-1)4-3-8-5-7-13-11(8)9;1-2-5-3-4-1/h6-10,14,17H,5,11-13H2,1-4H3,(H,20,23);1-7,12H;1-3H,(H,4,5). The third-order valence-electron chi connectivity index (χ3n) is 6.48. The van der Waals surface area contributed by atoms with Crippen LogP contribution in [-0.4, -0.2) is 61.2 Å². The first-order chi connectivity index (χ1) is 20.8. The summed E-state index contributed by atoms with van der Waals surface area (Å²) in [6.07, 6.45) is 9.25. The zero-order valence-electron chi connectivity index (χ0n) is 25.1. The number of aromatic amines is 2. The molecule has 0 spiro atoms. The molecule has 1 unspecified atom stereocenters. The number of rotatable bonds is 9. The molecular weight excluding hydrogens is 544 g/mol. The molecular formula is C33H40N6O4.